The van der Waals surface area contributed by atoms with Crippen LogP contribution in [0.2, 0.25) is 0 Å². The van der Waals surface area contributed by atoms with Crippen molar-refractivity contribution in [2.75, 3.05) is 11.9 Å². The molecule has 0 bridgehead atoms. The van der Waals surface area contributed by atoms with Gasteiger partial charge in [0.1, 0.15) is 5.52 Å². The van der Waals surface area contributed by atoms with Crippen LogP contribution in [0.3, 0.4) is 0 Å². The third-order valence-corrected chi connectivity index (χ3v) is 2.55. The molecule has 0 saturated heterocycles. The summed E-state index contributed by atoms with van der Waals surface area (Å²) in [6.07, 6.45) is 4.64. The summed E-state index contributed by atoms with van der Waals surface area (Å²) in [6.45, 7) is 9.40. The zero-order valence-corrected chi connectivity index (χ0v) is 10.9. The smallest absolute Gasteiger partial charge is 0.224 e. The molecular formula is C12H19N5. The number of hydrogen-bond donors (Lipinski definition) is 1. The summed E-state index contributed by atoms with van der Waals surface area (Å²) >= 11 is 0. The molecule has 0 atom stereocenters. The van der Waals surface area contributed by atoms with E-state index in [1.54, 1.807) is 6.20 Å². The monoisotopic (exact) mass is 233 g/mol. The first-order valence-corrected chi connectivity index (χ1v) is 5.97. The van der Waals surface area contributed by atoms with E-state index in [0.717, 1.165) is 24.1 Å². The van der Waals surface area contributed by atoms with Crippen LogP contribution in [0.4, 0.5) is 5.95 Å². The van der Waals surface area contributed by atoms with Crippen molar-refractivity contribution < 1.29 is 0 Å². The van der Waals surface area contributed by atoms with E-state index in [0.29, 0.717) is 5.95 Å². The minimum absolute atomic E-state index is 0.0227. The third kappa shape index (κ3) is 2.38. The maximum absolute atomic E-state index is 4.52. The van der Waals surface area contributed by atoms with Crippen LogP contribution >= 0.6 is 0 Å². The molecule has 2 rings (SSSR count). The molecule has 17 heavy (non-hydrogen) atoms. The van der Waals surface area contributed by atoms with Crippen molar-refractivity contribution in [2.24, 2.45) is 0 Å². The number of aromatic nitrogens is 4. The van der Waals surface area contributed by atoms with Crippen molar-refractivity contribution in [3.8, 4) is 0 Å². The van der Waals surface area contributed by atoms with Crippen molar-refractivity contribution in [2.45, 2.75) is 39.7 Å². The lowest BCUT2D eigenvalue weighted by atomic mass is 10.1. The second-order valence-corrected chi connectivity index (χ2v) is 5.11. The Balaban J connectivity index is 2.43. The Labute approximate surface area is 101 Å². The van der Waals surface area contributed by atoms with Crippen molar-refractivity contribution >= 4 is 17.1 Å². The molecule has 0 aliphatic heterocycles. The summed E-state index contributed by atoms with van der Waals surface area (Å²) in [7, 11) is 0. The van der Waals surface area contributed by atoms with Gasteiger partial charge in [0.2, 0.25) is 5.95 Å². The Hall–Kier alpha value is -1.65. The van der Waals surface area contributed by atoms with Gasteiger partial charge in [-0.25, -0.2) is 9.97 Å². The van der Waals surface area contributed by atoms with Crippen molar-refractivity contribution in [1.29, 1.82) is 0 Å². The molecule has 2 aromatic rings. The number of anilines is 1. The predicted octanol–water partition coefficient (Wildman–Crippen LogP) is 2.40. The average Bonchev–Trinajstić information content (AvgIpc) is 2.68. The molecule has 0 amide bonds. The molecule has 0 unspecified atom stereocenters. The minimum atomic E-state index is -0.0227. The Kier molecular flexibility index (Phi) is 3.00. The molecule has 0 radical (unpaired) electrons. The maximum Gasteiger partial charge on any atom is 0.224 e. The van der Waals surface area contributed by atoms with Crippen LogP contribution in [0.15, 0.2) is 12.5 Å². The second kappa shape index (κ2) is 4.31. The predicted molar refractivity (Wildman–Crippen MR) is 69.1 cm³/mol. The molecule has 0 fully saturated rings. The van der Waals surface area contributed by atoms with Crippen LogP contribution in [0.25, 0.3) is 11.2 Å². The molecule has 2 heterocycles. The second-order valence-electron chi connectivity index (χ2n) is 5.11. The fourth-order valence-corrected chi connectivity index (χ4v) is 1.62. The van der Waals surface area contributed by atoms with E-state index in [1.165, 1.54) is 0 Å². The van der Waals surface area contributed by atoms with Gasteiger partial charge >= 0.3 is 0 Å². The lowest BCUT2D eigenvalue weighted by molar-refractivity contribution is 0.406. The molecule has 0 aromatic carbocycles. The number of fused-ring (bicyclic) bond motifs is 1. The fraction of sp³-hybridized carbons (Fsp3) is 0.583. The van der Waals surface area contributed by atoms with Crippen molar-refractivity contribution in [3.05, 3.63) is 12.5 Å². The molecule has 0 aliphatic carbocycles. The standard InChI is InChI=1S/C12H19N5/c1-5-6-13-11-14-7-9-10(16-11)17(8-15-9)12(2,3)4/h7-8H,5-6H2,1-4H3,(H,13,14,16). The van der Waals surface area contributed by atoms with Gasteiger partial charge in [-0.3, -0.25) is 0 Å². The number of nitrogens with zero attached hydrogens (tertiary/aromatic N) is 4. The first-order valence-electron chi connectivity index (χ1n) is 5.97. The van der Waals surface area contributed by atoms with Crippen LogP contribution < -0.4 is 5.32 Å². The van der Waals surface area contributed by atoms with E-state index in [4.69, 9.17) is 0 Å². The number of imidazole rings is 1. The quantitative estimate of drug-likeness (QED) is 0.884. The van der Waals surface area contributed by atoms with Gasteiger partial charge in [0.05, 0.1) is 12.5 Å². The van der Waals surface area contributed by atoms with E-state index < -0.39 is 0 Å². The first-order chi connectivity index (χ1) is 8.02. The highest BCUT2D eigenvalue weighted by atomic mass is 15.2. The van der Waals surface area contributed by atoms with E-state index in [2.05, 4.69) is 52.5 Å². The molecule has 0 aliphatic rings. The third-order valence-electron chi connectivity index (χ3n) is 2.55. The summed E-state index contributed by atoms with van der Waals surface area (Å²) < 4.78 is 2.07. The molecule has 0 spiro atoms. The van der Waals surface area contributed by atoms with Crippen LogP contribution in [0.1, 0.15) is 34.1 Å². The summed E-state index contributed by atoms with van der Waals surface area (Å²) in [5.74, 6) is 0.672. The minimum Gasteiger partial charge on any atom is -0.354 e. The van der Waals surface area contributed by atoms with Gasteiger partial charge < -0.3 is 9.88 Å². The lowest BCUT2D eigenvalue weighted by Crippen LogP contribution is -2.21. The van der Waals surface area contributed by atoms with Crippen molar-refractivity contribution in [3.63, 3.8) is 0 Å². The number of hydrogen-bond acceptors (Lipinski definition) is 4. The summed E-state index contributed by atoms with van der Waals surface area (Å²) in [4.78, 5) is 13.1. The molecule has 5 nitrogen and oxygen atoms in total. The molecule has 5 heteroatoms. The van der Waals surface area contributed by atoms with Gasteiger partial charge in [-0.2, -0.15) is 4.98 Å². The summed E-state index contributed by atoms with van der Waals surface area (Å²) in [6, 6.07) is 0. The van der Waals surface area contributed by atoms with Gasteiger partial charge in [0.15, 0.2) is 5.65 Å². The molecular weight excluding hydrogens is 214 g/mol. The molecule has 2 aromatic heterocycles. The van der Waals surface area contributed by atoms with Crippen LogP contribution in [0.5, 0.6) is 0 Å². The van der Waals surface area contributed by atoms with Crippen LogP contribution in [-0.4, -0.2) is 26.1 Å². The van der Waals surface area contributed by atoms with E-state index in [-0.39, 0.29) is 5.54 Å². The highest BCUT2D eigenvalue weighted by molar-refractivity contribution is 5.71. The van der Waals surface area contributed by atoms with E-state index >= 15 is 0 Å². The summed E-state index contributed by atoms with van der Waals surface area (Å²) in [5, 5.41) is 3.19. The van der Waals surface area contributed by atoms with Gasteiger partial charge in [0, 0.05) is 12.1 Å². The fourth-order valence-electron chi connectivity index (χ4n) is 1.62. The van der Waals surface area contributed by atoms with E-state index in [1.807, 2.05) is 6.33 Å². The lowest BCUT2D eigenvalue weighted by Gasteiger charge is -2.20. The molecule has 0 saturated carbocycles. The van der Waals surface area contributed by atoms with E-state index in [9.17, 15) is 0 Å². The number of rotatable bonds is 3. The van der Waals surface area contributed by atoms with Gasteiger partial charge in [0.25, 0.3) is 0 Å². The zero-order chi connectivity index (χ0) is 12.5. The van der Waals surface area contributed by atoms with Crippen LogP contribution in [0, 0.1) is 0 Å². The normalized spacial score (nSPS) is 12.0. The van der Waals surface area contributed by atoms with Gasteiger partial charge in [-0.15, -0.1) is 0 Å². The Bertz CT molecular complexity index is 509. The maximum atomic E-state index is 4.52. The average molecular weight is 233 g/mol. The van der Waals surface area contributed by atoms with Gasteiger partial charge in [-0.1, -0.05) is 6.92 Å². The highest BCUT2D eigenvalue weighted by Crippen LogP contribution is 2.20. The Morgan fingerprint density at radius 3 is 2.71 bits per heavy atom. The SMILES string of the molecule is CCCNc1ncc2ncn(C(C)(C)C)c2n1. The largest absolute Gasteiger partial charge is 0.354 e. The number of nitrogens with one attached hydrogen (secondary N) is 1. The highest BCUT2D eigenvalue weighted by Gasteiger charge is 2.17. The van der Waals surface area contributed by atoms with Gasteiger partial charge in [-0.05, 0) is 27.2 Å². The molecule has 1 N–H and O–H groups in total. The van der Waals surface area contributed by atoms with Crippen molar-refractivity contribution in [1.82, 2.24) is 19.5 Å². The topological polar surface area (TPSA) is 55.6 Å². The zero-order valence-electron chi connectivity index (χ0n) is 10.9. The molecule has 92 valence electrons. The van der Waals surface area contributed by atoms with Crippen LogP contribution in [-0.2, 0) is 5.54 Å². The Morgan fingerprint density at radius 2 is 2.06 bits per heavy atom. The summed E-state index contributed by atoms with van der Waals surface area (Å²) in [5.41, 5.74) is 1.69. The first kappa shape index (κ1) is 11.8. The Morgan fingerprint density at radius 1 is 1.29 bits per heavy atom.